The first kappa shape index (κ1) is 15.9. The quantitative estimate of drug-likeness (QED) is 0.797. The van der Waals surface area contributed by atoms with Crippen LogP contribution in [0.4, 0.5) is 5.69 Å². The minimum Gasteiger partial charge on any atom is -0.374 e. The first-order valence-electron chi connectivity index (χ1n) is 7.31. The lowest BCUT2D eigenvalue weighted by Gasteiger charge is -2.23. The van der Waals surface area contributed by atoms with Gasteiger partial charge in [0.1, 0.15) is 0 Å². The lowest BCUT2D eigenvalue weighted by molar-refractivity contribution is 0.858. The molecular formula is C17H23N3S. The maximum Gasteiger partial charge on any atom is 0.0420 e. The number of hydrogen-bond donors (Lipinski definition) is 1. The molecule has 1 aromatic carbocycles. The van der Waals surface area contributed by atoms with Gasteiger partial charge in [-0.15, -0.1) is 11.8 Å². The molecule has 0 saturated heterocycles. The van der Waals surface area contributed by atoms with Gasteiger partial charge in [-0.3, -0.25) is 4.98 Å². The molecule has 2 rings (SSSR count). The molecule has 0 aliphatic carbocycles. The molecule has 0 saturated carbocycles. The third-order valence-electron chi connectivity index (χ3n) is 3.51. The molecule has 0 atom stereocenters. The van der Waals surface area contributed by atoms with Gasteiger partial charge in [0.15, 0.2) is 0 Å². The molecule has 0 fully saturated rings. The number of hydrogen-bond acceptors (Lipinski definition) is 4. The Morgan fingerprint density at radius 1 is 1.19 bits per heavy atom. The van der Waals surface area contributed by atoms with E-state index in [1.54, 1.807) is 0 Å². The van der Waals surface area contributed by atoms with Crippen LogP contribution in [0, 0.1) is 0 Å². The van der Waals surface area contributed by atoms with Crippen molar-refractivity contribution in [3.05, 3.63) is 53.9 Å². The highest BCUT2D eigenvalue weighted by molar-refractivity contribution is 7.99. The number of pyridine rings is 1. The Morgan fingerprint density at radius 3 is 2.62 bits per heavy atom. The van der Waals surface area contributed by atoms with Gasteiger partial charge in [-0.1, -0.05) is 13.0 Å². The van der Waals surface area contributed by atoms with E-state index in [1.165, 1.54) is 21.7 Å². The standard InChI is InChI=1S/C17H23N3S/c1-3-21-17-6-4-5-16(15(17)13-18)20(2)12-9-14-7-10-19-11-8-14/h4-8,10-11H,3,9,12-13,18H2,1-2H3. The van der Waals surface area contributed by atoms with Gasteiger partial charge in [0.2, 0.25) is 0 Å². The van der Waals surface area contributed by atoms with Gasteiger partial charge < -0.3 is 10.6 Å². The first-order valence-corrected chi connectivity index (χ1v) is 8.29. The summed E-state index contributed by atoms with van der Waals surface area (Å²) in [7, 11) is 2.13. The summed E-state index contributed by atoms with van der Waals surface area (Å²) in [5.41, 5.74) is 9.78. The molecular weight excluding hydrogens is 278 g/mol. The summed E-state index contributed by atoms with van der Waals surface area (Å²) in [5.74, 6) is 1.07. The van der Waals surface area contributed by atoms with Gasteiger partial charge >= 0.3 is 0 Å². The number of nitrogens with zero attached hydrogens (tertiary/aromatic N) is 2. The summed E-state index contributed by atoms with van der Waals surface area (Å²) in [6.45, 7) is 3.72. The van der Waals surface area contributed by atoms with Gasteiger partial charge in [-0.2, -0.15) is 0 Å². The summed E-state index contributed by atoms with van der Waals surface area (Å²) in [4.78, 5) is 7.65. The number of thioether (sulfide) groups is 1. The van der Waals surface area contributed by atoms with Crippen molar-refractivity contribution >= 4 is 17.4 Å². The fraction of sp³-hybridized carbons (Fsp3) is 0.353. The molecule has 0 spiro atoms. The van der Waals surface area contributed by atoms with Crippen LogP contribution >= 0.6 is 11.8 Å². The maximum absolute atomic E-state index is 5.98. The Balaban J connectivity index is 2.11. The van der Waals surface area contributed by atoms with Gasteiger partial charge in [0, 0.05) is 48.7 Å². The van der Waals surface area contributed by atoms with Gasteiger partial charge in [0.05, 0.1) is 0 Å². The predicted octanol–water partition coefficient (Wildman–Crippen LogP) is 3.33. The molecule has 1 aromatic heterocycles. The summed E-state index contributed by atoms with van der Waals surface area (Å²) in [6.07, 6.45) is 4.70. The van der Waals surface area contributed by atoms with Crippen LogP contribution in [0.25, 0.3) is 0 Å². The lowest BCUT2D eigenvalue weighted by atomic mass is 10.1. The highest BCUT2D eigenvalue weighted by Crippen LogP contribution is 2.30. The Bertz CT molecular complexity index is 557. The van der Waals surface area contributed by atoms with E-state index >= 15 is 0 Å². The Kier molecular flexibility index (Phi) is 6.08. The molecule has 4 heteroatoms. The predicted molar refractivity (Wildman–Crippen MR) is 91.9 cm³/mol. The number of likely N-dealkylation sites (N-methyl/N-ethyl adjacent to an activating group) is 1. The summed E-state index contributed by atoms with van der Waals surface area (Å²) in [5, 5.41) is 0. The molecule has 0 aliphatic heterocycles. The topological polar surface area (TPSA) is 42.2 Å². The highest BCUT2D eigenvalue weighted by Gasteiger charge is 2.10. The largest absolute Gasteiger partial charge is 0.374 e. The normalized spacial score (nSPS) is 10.6. The molecule has 0 amide bonds. The van der Waals surface area contributed by atoms with E-state index in [4.69, 9.17) is 5.73 Å². The summed E-state index contributed by atoms with van der Waals surface area (Å²) < 4.78 is 0. The van der Waals surface area contributed by atoms with Crippen LogP contribution in [-0.4, -0.2) is 24.3 Å². The second kappa shape index (κ2) is 8.05. The van der Waals surface area contributed by atoms with Crippen LogP contribution < -0.4 is 10.6 Å². The van der Waals surface area contributed by atoms with Crippen LogP contribution in [0.3, 0.4) is 0 Å². The number of aromatic nitrogens is 1. The van der Waals surface area contributed by atoms with E-state index in [-0.39, 0.29) is 0 Å². The second-order valence-electron chi connectivity index (χ2n) is 4.92. The second-order valence-corrected chi connectivity index (χ2v) is 6.22. The van der Waals surface area contributed by atoms with Gasteiger partial charge in [-0.25, -0.2) is 0 Å². The Morgan fingerprint density at radius 2 is 1.95 bits per heavy atom. The zero-order valence-electron chi connectivity index (χ0n) is 12.7. The van der Waals surface area contributed by atoms with E-state index in [0.29, 0.717) is 6.54 Å². The van der Waals surface area contributed by atoms with E-state index < -0.39 is 0 Å². The summed E-state index contributed by atoms with van der Waals surface area (Å²) in [6, 6.07) is 10.6. The van der Waals surface area contributed by atoms with E-state index in [0.717, 1.165) is 18.7 Å². The van der Waals surface area contributed by atoms with Crippen molar-refractivity contribution in [2.45, 2.75) is 24.8 Å². The molecule has 21 heavy (non-hydrogen) atoms. The van der Waals surface area contributed by atoms with Gasteiger partial charge in [0.25, 0.3) is 0 Å². The van der Waals surface area contributed by atoms with Crippen molar-refractivity contribution < 1.29 is 0 Å². The molecule has 3 nitrogen and oxygen atoms in total. The molecule has 2 N–H and O–H groups in total. The average Bonchev–Trinajstić information content (AvgIpc) is 2.53. The SMILES string of the molecule is CCSc1cccc(N(C)CCc2ccncc2)c1CN. The lowest BCUT2D eigenvalue weighted by Crippen LogP contribution is -2.22. The molecule has 0 bridgehead atoms. The minimum atomic E-state index is 0.581. The van der Waals surface area contributed by atoms with Crippen molar-refractivity contribution in [3.8, 4) is 0 Å². The minimum absolute atomic E-state index is 0.581. The maximum atomic E-state index is 5.98. The fourth-order valence-electron chi connectivity index (χ4n) is 2.37. The Hall–Kier alpha value is -1.52. The van der Waals surface area contributed by atoms with Crippen LogP contribution in [-0.2, 0) is 13.0 Å². The van der Waals surface area contributed by atoms with Crippen molar-refractivity contribution in [2.75, 3.05) is 24.2 Å². The molecule has 1 heterocycles. The first-order chi connectivity index (χ1) is 10.3. The number of benzene rings is 1. The third kappa shape index (κ3) is 4.22. The van der Waals surface area contributed by atoms with Crippen molar-refractivity contribution in [3.63, 3.8) is 0 Å². The van der Waals surface area contributed by atoms with Crippen molar-refractivity contribution in [1.82, 2.24) is 4.98 Å². The average molecular weight is 301 g/mol. The van der Waals surface area contributed by atoms with Gasteiger partial charge in [-0.05, 0) is 42.0 Å². The van der Waals surface area contributed by atoms with Crippen molar-refractivity contribution in [2.24, 2.45) is 5.73 Å². The van der Waals surface area contributed by atoms with Crippen LogP contribution in [0.1, 0.15) is 18.1 Å². The van der Waals surface area contributed by atoms with Crippen LogP contribution in [0.5, 0.6) is 0 Å². The number of nitrogens with two attached hydrogens (primary N) is 1. The summed E-state index contributed by atoms with van der Waals surface area (Å²) >= 11 is 1.86. The van der Waals surface area contributed by atoms with Crippen LogP contribution in [0.2, 0.25) is 0 Å². The molecule has 0 aliphatic rings. The third-order valence-corrected chi connectivity index (χ3v) is 4.49. The number of anilines is 1. The van der Waals surface area contributed by atoms with E-state index in [1.807, 2.05) is 24.2 Å². The zero-order valence-corrected chi connectivity index (χ0v) is 13.6. The monoisotopic (exact) mass is 301 g/mol. The van der Waals surface area contributed by atoms with E-state index in [9.17, 15) is 0 Å². The fourth-order valence-corrected chi connectivity index (χ4v) is 3.22. The molecule has 112 valence electrons. The Labute approximate surface area is 131 Å². The number of rotatable bonds is 7. The zero-order chi connectivity index (χ0) is 15.1. The molecule has 0 unspecified atom stereocenters. The van der Waals surface area contributed by atoms with Crippen LogP contribution in [0.15, 0.2) is 47.6 Å². The smallest absolute Gasteiger partial charge is 0.0420 e. The van der Waals surface area contributed by atoms with Crippen molar-refractivity contribution in [1.29, 1.82) is 0 Å². The molecule has 2 aromatic rings. The molecule has 0 radical (unpaired) electrons. The highest BCUT2D eigenvalue weighted by atomic mass is 32.2. The van der Waals surface area contributed by atoms with E-state index in [2.05, 4.69) is 54.2 Å².